The number of hydrogen-bond donors (Lipinski definition) is 1. The quantitative estimate of drug-likeness (QED) is 0.790. The summed E-state index contributed by atoms with van der Waals surface area (Å²) >= 11 is 1.64. The van der Waals surface area contributed by atoms with Gasteiger partial charge in [-0.1, -0.05) is 0 Å². The number of nitrogens with zero attached hydrogens (tertiary/aromatic N) is 1. The predicted molar refractivity (Wildman–Crippen MR) is 62.5 cm³/mol. The fraction of sp³-hybridized carbons (Fsp3) is 0.545. The second-order valence-corrected chi connectivity index (χ2v) is 5.25. The maximum Gasteiger partial charge on any atom is 0.224 e. The van der Waals surface area contributed by atoms with Gasteiger partial charge in [0.1, 0.15) is 5.00 Å². The molecule has 1 unspecified atom stereocenters. The standard InChI is InChI=1S/C11H14N2OS/c1-7(14)13-6-10(8-2-3-8)12-9-4-5-15-11(9)13/h4-5,8,10,12H,2-3,6H2,1H3. The molecule has 1 aliphatic carbocycles. The smallest absolute Gasteiger partial charge is 0.224 e. The Hall–Kier alpha value is -1.03. The van der Waals surface area contributed by atoms with Crippen molar-refractivity contribution in [2.45, 2.75) is 25.8 Å². The third-order valence-electron chi connectivity index (χ3n) is 3.18. The number of thiophene rings is 1. The van der Waals surface area contributed by atoms with Gasteiger partial charge in [0.05, 0.1) is 5.69 Å². The topological polar surface area (TPSA) is 32.3 Å². The molecule has 0 radical (unpaired) electrons. The van der Waals surface area contributed by atoms with Gasteiger partial charge in [0.25, 0.3) is 0 Å². The van der Waals surface area contributed by atoms with Crippen molar-refractivity contribution in [2.75, 3.05) is 16.8 Å². The van der Waals surface area contributed by atoms with Gasteiger partial charge in [0, 0.05) is 19.5 Å². The monoisotopic (exact) mass is 222 g/mol. The Labute approximate surface area is 93.1 Å². The SMILES string of the molecule is CC(=O)N1CC(C2CC2)Nc2ccsc21. The number of rotatable bonds is 1. The molecule has 1 amide bonds. The minimum absolute atomic E-state index is 0.158. The molecule has 1 aromatic rings. The summed E-state index contributed by atoms with van der Waals surface area (Å²) in [4.78, 5) is 13.5. The number of anilines is 2. The van der Waals surface area contributed by atoms with Gasteiger partial charge in [-0.15, -0.1) is 11.3 Å². The largest absolute Gasteiger partial charge is 0.378 e. The van der Waals surface area contributed by atoms with Crippen molar-refractivity contribution in [3.63, 3.8) is 0 Å². The summed E-state index contributed by atoms with van der Waals surface area (Å²) in [6, 6.07) is 2.54. The van der Waals surface area contributed by atoms with Gasteiger partial charge in [0.15, 0.2) is 0 Å². The molecule has 80 valence electrons. The lowest BCUT2D eigenvalue weighted by Gasteiger charge is -2.33. The predicted octanol–water partition coefficient (Wildman–Crippen LogP) is 2.31. The van der Waals surface area contributed by atoms with Crippen LogP contribution in [0.25, 0.3) is 0 Å². The molecule has 1 aliphatic heterocycles. The van der Waals surface area contributed by atoms with Crippen molar-refractivity contribution in [1.29, 1.82) is 0 Å². The molecule has 0 spiro atoms. The highest BCUT2D eigenvalue weighted by Crippen LogP contribution is 2.42. The molecule has 1 atom stereocenters. The molecule has 4 heteroatoms. The van der Waals surface area contributed by atoms with E-state index in [0.29, 0.717) is 6.04 Å². The average Bonchev–Trinajstić information content (AvgIpc) is 2.95. The molecular formula is C11H14N2OS. The molecule has 1 aromatic heterocycles. The molecule has 0 aromatic carbocycles. The number of carbonyl (C=O) groups is 1. The summed E-state index contributed by atoms with van der Waals surface area (Å²) in [5.74, 6) is 0.936. The molecule has 0 bridgehead atoms. The van der Waals surface area contributed by atoms with E-state index in [4.69, 9.17) is 0 Å². The fourth-order valence-electron chi connectivity index (χ4n) is 2.18. The lowest BCUT2D eigenvalue weighted by molar-refractivity contribution is -0.116. The minimum atomic E-state index is 0.158. The average molecular weight is 222 g/mol. The van der Waals surface area contributed by atoms with Crippen LogP contribution in [-0.2, 0) is 4.79 Å². The first-order valence-electron chi connectivity index (χ1n) is 5.38. The maximum absolute atomic E-state index is 11.6. The zero-order valence-corrected chi connectivity index (χ0v) is 9.51. The highest BCUT2D eigenvalue weighted by atomic mass is 32.1. The Bertz CT molecular complexity index is 397. The number of amides is 1. The summed E-state index contributed by atoms with van der Waals surface area (Å²) in [6.45, 7) is 2.49. The van der Waals surface area contributed by atoms with Crippen molar-refractivity contribution in [3.8, 4) is 0 Å². The second-order valence-electron chi connectivity index (χ2n) is 4.36. The Morgan fingerprint density at radius 1 is 1.60 bits per heavy atom. The van der Waals surface area contributed by atoms with Crippen LogP contribution in [0.15, 0.2) is 11.4 Å². The van der Waals surface area contributed by atoms with Crippen LogP contribution in [0.2, 0.25) is 0 Å². The number of fused-ring (bicyclic) bond motifs is 1. The molecule has 3 nitrogen and oxygen atoms in total. The molecular weight excluding hydrogens is 208 g/mol. The maximum atomic E-state index is 11.6. The van der Waals surface area contributed by atoms with E-state index in [2.05, 4.69) is 11.4 Å². The van der Waals surface area contributed by atoms with Gasteiger partial charge < -0.3 is 10.2 Å². The van der Waals surface area contributed by atoms with Gasteiger partial charge in [-0.3, -0.25) is 4.79 Å². The number of hydrogen-bond acceptors (Lipinski definition) is 3. The Morgan fingerprint density at radius 2 is 2.40 bits per heavy atom. The highest BCUT2D eigenvalue weighted by molar-refractivity contribution is 7.15. The second kappa shape index (κ2) is 3.23. The van der Waals surface area contributed by atoms with E-state index >= 15 is 0 Å². The Morgan fingerprint density at radius 3 is 3.07 bits per heavy atom. The molecule has 0 saturated heterocycles. The molecule has 3 rings (SSSR count). The number of nitrogens with one attached hydrogen (secondary N) is 1. The summed E-state index contributed by atoms with van der Waals surface area (Å²) in [7, 11) is 0. The first kappa shape index (κ1) is 9.21. The highest BCUT2D eigenvalue weighted by Gasteiger charge is 2.37. The van der Waals surface area contributed by atoms with E-state index in [1.807, 2.05) is 10.3 Å². The van der Waals surface area contributed by atoms with Gasteiger partial charge in [-0.2, -0.15) is 0 Å². The Balaban J connectivity index is 1.92. The first-order chi connectivity index (χ1) is 7.25. The zero-order chi connectivity index (χ0) is 10.4. The molecule has 1 fully saturated rings. The van der Waals surface area contributed by atoms with Gasteiger partial charge in [-0.25, -0.2) is 0 Å². The summed E-state index contributed by atoms with van der Waals surface area (Å²) in [5.41, 5.74) is 1.14. The van der Waals surface area contributed by atoms with E-state index in [9.17, 15) is 4.79 Å². The van der Waals surface area contributed by atoms with Crippen LogP contribution in [0.4, 0.5) is 10.7 Å². The lowest BCUT2D eigenvalue weighted by atomic mass is 10.1. The molecule has 1 saturated carbocycles. The molecule has 1 N–H and O–H groups in total. The molecule has 2 aliphatic rings. The first-order valence-corrected chi connectivity index (χ1v) is 6.26. The minimum Gasteiger partial charge on any atom is -0.378 e. The van der Waals surface area contributed by atoms with Crippen LogP contribution in [0.5, 0.6) is 0 Å². The normalized spacial score (nSPS) is 24.6. The van der Waals surface area contributed by atoms with E-state index < -0.39 is 0 Å². The molecule has 2 heterocycles. The zero-order valence-electron chi connectivity index (χ0n) is 8.69. The number of carbonyl (C=O) groups excluding carboxylic acids is 1. The van der Waals surface area contributed by atoms with Crippen LogP contribution >= 0.6 is 11.3 Å². The third-order valence-corrected chi connectivity index (χ3v) is 4.12. The van der Waals surface area contributed by atoms with E-state index in [-0.39, 0.29) is 5.91 Å². The van der Waals surface area contributed by atoms with Crippen LogP contribution in [0, 0.1) is 5.92 Å². The van der Waals surface area contributed by atoms with Crippen molar-refractivity contribution >= 4 is 27.9 Å². The summed E-state index contributed by atoms with van der Waals surface area (Å²) < 4.78 is 0. The van der Waals surface area contributed by atoms with Gasteiger partial charge in [-0.05, 0) is 30.2 Å². The van der Waals surface area contributed by atoms with Gasteiger partial charge in [0.2, 0.25) is 5.91 Å². The third kappa shape index (κ3) is 1.53. The van der Waals surface area contributed by atoms with Crippen molar-refractivity contribution in [2.24, 2.45) is 5.92 Å². The van der Waals surface area contributed by atoms with E-state index in [0.717, 1.165) is 23.2 Å². The van der Waals surface area contributed by atoms with Crippen LogP contribution in [0.3, 0.4) is 0 Å². The van der Waals surface area contributed by atoms with Crippen molar-refractivity contribution < 1.29 is 4.79 Å². The van der Waals surface area contributed by atoms with Crippen LogP contribution in [0.1, 0.15) is 19.8 Å². The Kier molecular flexibility index (Phi) is 1.99. The summed E-state index contributed by atoms with van der Waals surface area (Å²) in [5, 5.41) is 6.67. The molecule has 15 heavy (non-hydrogen) atoms. The van der Waals surface area contributed by atoms with Crippen molar-refractivity contribution in [3.05, 3.63) is 11.4 Å². The van der Waals surface area contributed by atoms with Crippen molar-refractivity contribution in [1.82, 2.24) is 0 Å². The summed E-state index contributed by atoms with van der Waals surface area (Å²) in [6.07, 6.45) is 2.62. The van der Waals surface area contributed by atoms with E-state index in [1.54, 1.807) is 18.3 Å². The van der Waals surface area contributed by atoms with Gasteiger partial charge >= 0.3 is 0 Å². The fourth-order valence-corrected chi connectivity index (χ4v) is 3.10. The lowest BCUT2D eigenvalue weighted by Crippen LogP contribution is -2.44. The van der Waals surface area contributed by atoms with Crippen LogP contribution in [-0.4, -0.2) is 18.5 Å². The van der Waals surface area contributed by atoms with Crippen LogP contribution < -0.4 is 10.2 Å². The van der Waals surface area contributed by atoms with E-state index in [1.165, 1.54) is 12.8 Å².